The first-order valence-corrected chi connectivity index (χ1v) is 11.1. The minimum atomic E-state index is -4.60. The molecule has 6 nitrogen and oxygen atoms in total. The third kappa shape index (κ3) is 6.60. The summed E-state index contributed by atoms with van der Waals surface area (Å²) in [5.74, 6) is 0.933. The van der Waals surface area contributed by atoms with E-state index in [-0.39, 0.29) is 23.9 Å². The summed E-state index contributed by atoms with van der Waals surface area (Å²) in [6, 6.07) is 6.81. The van der Waals surface area contributed by atoms with Gasteiger partial charge >= 0.3 is 6.18 Å². The summed E-state index contributed by atoms with van der Waals surface area (Å²) in [7, 11) is 3.97. The standard InChI is InChI=1S/C24H31F3N4O2/c1-15(9-10-31(3)4)33-20-7-8-21-17(11-20)12-22(30-23(21)16(2)24(25,26)27)29-19-6-5-18(13-19)28-14-32/h7-8,11-12,14-15,18-19H,2,5-6,9-10,13H2,1,3-4H3,(H,28,32)(H,29,30). The highest BCUT2D eigenvalue weighted by Crippen LogP contribution is 2.37. The number of alkyl halides is 3. The van der Waals surface area contributed by atoms with Crippen LogP contribution in [0.25, 0.3) is 16.3 Å². The molecule has 0 bridgehead atoms. The summed E-state index contributed by atoms with van der Waals surface area (Å²) in [5, 5.41) is 6.95. The lowest BCUT2D eigenvalue weighted by Crippen LogP contribution is -2.27. The number of nitrogens with one attached hydrogen (secondary N) is 2. The number of pyridine rings is 1. The molecule has 0 spiro atoms. The van der Waals surface area contributed by atoms with Gasteiger partial charge in [-0.25, -0.2) is 4.98 Å². The Morgan fingerprint density at radius 2 is 2.03 bits per heavy atom. The van der Waals surface area contributed by atoms with Gasteiger partial charge in [0, 0.05) is 24.0 Å². The average Bonchev–Trinajstić information content (AvgIpc) is 3.17. The molecule has 2 aromatic rings. The third-order valence-electron chi connectivity index (χ3n) is 5.84. The summed E-state index contributed by atoms with van der Waals surface area (Å²) in [4.78, 5) is 17.0. The molecule has 0 radical (unpaired) electrons. The summed E-state index contributed by atoms with van der Waals surface area (Å²) >= 11 is 0. The molecule has 1 aromatic carbocycles. The van der Waals surface area contributed by atoms with Crippen molar-refractivity contribution in [3.63, 3.8) is 0 Å². The number of ether oxygens (including phenoxy) is 1. The van der Waals surface area contributed by atoms with Crippen molar-refractivity contribution in [3.05, 3.63) is 36.5 Å². The topological polar surface area (TPSA) is 66.5 Å². The van der Waals surface area contributed by atoms with Gasteiger partial charge in [0.1, 0.15) is 11.6 Å². The highest BCUT2D eigenvalue weighted by molar-refractivity contribution is 5.95. The van der Waals surface area contributed by atoms with Gasteiger partial charge in [0.05, 0.1) is 17.4 Å². The van der Waals surface area contributed by atoms with Gasteiger partial charge in [0.2, 0.25) is 6.41 Å². The van der Waals surface area contributed by atoms with Crippen LogP contribution in [0.1, 0.15) is 38.3 Å². The number of nitrogens with zero attached hydrogens (tertiary/aromatic N) is 2. The number of rotatable bonds is 10. The molecule has 3 atom stereocenters. The lowest BCUT2D eigenvalue weighted by atomic mass is 10.0. The summed E-state index contributed by atoms with van der Waals surface area (Å²) < 4.78 is 46.5. The molecule has 0 aliphatic heterocycles. The van der Waals surface area contributed by atoms with Crippen molar-refractivity contribution in [1.82, 2.24) is 15.2 Å². The predicted octanol–water partition coefficient (Wildman–Crippen LogP) is 4.61. The smallest absolute Gasteiger partial charge is 0.417 e. The molecule has 1 heterocycles. The van der Waals surface area contributed by atoms with Crippen LogP contribution >= 0.6 is 0 Å². The van der Waals surface area contributed by atoms with E-state index < -0.39 is 11.7 Å². The first-order valence-electron chi connectivity index (χ1n) is 11.1. The maximum atomic E-state index is 13.5. The van der Waals surface area contributed by atoms with E-state index in [1.807, 2.05) is 21.0 Å². The number of fused-ring (bicyclic) bond motifs is 1. The van der Waals surface area contributed by atoms with Crippen LogP contribution in [0.5, 0.6) is 5.75 Å². The Morgan fingerprint density at radius 3 is 2.70 bits per heavy atom. The van der Waals surface area contributed by atoms with E-state index >= 15 is 0 Å². The normalized spacial score (nSPS) is 19.5. The van der Waals surface area contributed by atoms with Crippen molar-refractivity contribution in [2.45, 2.75) is 57.0 Å². The molecule has 1 aromatic heterocycles. The van der Waals surface area contributed by atoms with E-state index in [0.717, 1.165) is 25.8 Å². The third-order valence-corrected chi connectivity index (χ3v) is 5.84. The Morgan fingerprint density at radius 1 is 1.30 bits per heavy atom. The Kier molecular flexibility index (Phi) is 7.84. The van der Waals surface area contributed by atoms with E-state index in [4.69, 9.17) is 4.74 Å². The number of hydrogen-bond acceptors (Lipinski definition) is 5. The van der Waals surface area contributed by atoms with Crippen LogP contribution in [0.2, 0.25) is 0 Å². The van der Waals surface area contributed by atoms with Crippen LogP contribution in [0.15, 0.2) is 30.8 Å². The number of aromatic nitrogens is 1. The number of carbonyl (C=O) groups excluding carboxylic acids is 1. The zero-order valence-electron chi connectivity index (χ0n) is 19.2. The van der Waals surface area contributed by atoms with Gasteiger partial charge in [-0.15, -0.1) is 0 Å². The SMILES string of the molecule is C=C(c1nc(NC2CCC(NC=O)C2)cc2cc(OC(C)CCN(C)C)ccc12)C(F)(F)F. The molecule has 3 unspecified atom stereocenters. The quantitative estimate of drug-likeness (QED) is 0.503. The van der Waals surface area contributed by atoms with Gasteiger partial charge in [-0.3, -0.25) is 4.79 Å². The van der Waals surface area contributed by atoms with Crippen molar-refractivity contribution < 1.29 is 22.7 Å². The molecule has 1 amide bonds. The lowest BCUT2D eigenvalue weighted by molar-refractivity contribution is -0.110. The zero-order chi connectivity index (χ0) is 24.2. The van der Waals surface area contributed by atoms with Gasteiger partial charge in [-0.05, 0) is 76.4 Å². The molecule has 1 aliphatic rings. The van der Waals surface area contributed by atoms with Crippen molar-refractivity contribution in [3.8, 4) is 5.75 Å². The molecule has 1 saturated carbocycles. The summed E-state index contributed by atoms with van der Waals surface area (Å²) in [6.07, 6.45) is -0.881. The Hall–Kier alpha value is -2.81. The van der Waals surface area contributed by atoms with E-state index in [2.05, 4.69) is 27.1 Å². The highest BCUT2D eigenvalue weighted by atomic mass is 19.4. The largest absolute Gasteiger partial charge is 0.491 e. The number of halogens is 3. The molecular weight excluding hydrogens is 433 g/mol. The fourth-order valence-electron chi connectivity index (χ4n) is 4.05. The van der Waals surface area contributed by atoms with Gasteiger partial charge in [-0.1, -0.05) is 6.58 Å². The zero-order valence-corrected chi connectivity index (χ0v) is 19.2. The first-order chi connectivity index (χ1) is 15.6. The number of hydrogen-bond donors (Lipinski definition) is 2. The lowest BCUT2D eigenvalue weighted by Gasteiger charge is -2.19. The fourth-order valence-corrected chi connectivity index (χ4v) is 4.05. The minimum absolute atomic E-state index is 0.00453. The minimum Gasteiger partial charge on any atom is -0.491 e. The van der Waals surface area contributed by atoms with Crippen LogP contribution in [-0.4, -0.2) is 61.3 Å². The molecule has 2 N–H and O–H groups in total. The second-order valence-electron chi connectivity index (χ2n) is 8.87. The van der Waals surface area contributed by atoms with Crippen molar-refractivity contribution in [2.24, 2.45) is 0 Å². The van der Waals surface area contributed by atoms with E-state index in [9.17, 15) is 18.0 Å². The Balaban J connectivity index is 1.90. The number of benzene rings is 1. The molecule has 3 rings (SSSR count). The Labute approximate surface area is 192 Å². The van der Waals surface area contributed by atoms with Crippen LogP contribution in [0.4, 0.5) is 19.0 Å². The average molecular weight is 465 g/mol. The van der Waals surface area contributed by atoms with Gasteiger partial charge in [0.25, 0.3) is 0 Å². The number of carbonyl (C=O) groups is 1. The highest BCUT2D eigenvalue weighted by Gasteiger charge is 2.35. The van der Waals surface area contributed by atoms with Crippen LogP contribution in [0.3, 0.4) is 0 Å². The van der Waals surface area contributed by atoms with E-state index in [0.29, 0.717) is 35.2 Å². The number of allylic oxidation sites excluding steroid dienone is 1. The molecule has 9 heteroatoms. The molecular formula is C24H31F3N4O2. The molecule has 33 heavy (non-hydrogen) atoms. The predicted molar refractivity (Wildman–Crippen MR) is 124 cm³/mol. The Bertz CT molecular complexity index is 994. The maximum absolute atomic E-state index is 13.5. The molecule has 180 valence electrons. The molecule has 0 saturated heterocycles. The summed E-state index contributed by atoms with van der Waals surface area (Å²) in [5.41, 5.74) is -1.19. The van der Waals surface area contributed by atoms with Crippen molar-refractivity contribution >= 4 is 28.6 Å². The maximum Gasteiger partial charge on any atom is 0.417 e. The monoisotopic (exact) mass is 464 g/mol. The van der Waals surface area contributed by atoms with Crippen LogP contribution < -0.4 is 15.4 Å². The van der Waals surface area contributed by atoms with Gasteiger partial charge < -0.3 is 20.3 Å². The van der Waals surface area contributed by atoms with Crippen molar-refractivity contribution in [2.75, 3.05) is 26.0 Å². The van der Waals surface area contributed by atoms with Gasteiger partial charge in [0.15, 0.2) is 0 Å². The van der Waals surface area contributed by atoms with E-state index in [1.165, 1.54) is 0 Å². The molecule has 1 aliphatic carbocycles. The van der Waals surface area contributed by atoms with Crippen LogP contribution in [0, 0.1) is 0 Å². The number of anilines is 1. The summed E-state index contributed by atoms with van der Waals surface area (Å²) in [6.45, 7) is 6.10. The van der Waals surface area contributed by atoms with E-state index in [1.54, 1.807) is 24.3 Å². The number of amides is 1. The van der Waals surface area contributed by atoms with Crippen molar-refractivity contribution in [1.29, 1.82) is 0 Å². The van der Waals surface area contributed by atoms with Gasteiger partial charge in [-0.2, -0.15) is 13.2 Å². The first kappa shape index (κ1) is 24.8. The second-order valence-corrected chi connectivity index (χ2v) is 8.87. The van der Waals surface area contributed by atoms with Crippen LogP contribution in [-0.2, 0) is 4.79 Å². The second kappa shape index (κ2) is 10.4. The fraction of sp³-hybridized carbons (Fsp3) is 0.500. The molecule has 1 fully saturated rings.